The molecule has 1 aromatic carbocycles. The highest BCUT2D eigenvalue weighted by molar-refractivity contribution is 6.00. The maximum absolute atomic E-state index is 12.3. The zero-order chi connectivity index (χ0) is 14.3. The van der Waals surface area contributed by atoms with E-state index in [2.05, 4.69) is 10.6 Å². The molecule has 2 N–H and O–H groups in total. The van der Waals surface area contributed by atoms with Crippen LogP contribution in [-0.2, 0) is 4.79 Å². The maximum atomic E-state index is 12.3. The van der Waals surface area contributed by atoms with Gasteiger partial charge in [-0.25, -0.2) is 0 Å². The number of anilines is 1. The lowest BCUT2D eigenvalue weighted by Gasteiger charge is -2.26. The fourth-order valence-electron chi connectivity index (χ4n) is 3.27. The summed E-state index contributed by atoms with van der Waals surface area (Å²) in [6, 6.07) is 5.43. The average Bonchev–Trinajstić information content (AvgIpc) is 3.16. The molecule has 1 spiro atoms. The second kappa shape index (κ2) is 4.62. The summed E-state index contributed by atoms with van der Waals surface area (Å²) < 4.78 is 0. The van der Waals surface area contributed by atoms with Gasteiger partial charge in [0.1, 0.15) is 0 Å². The molecular formula is C16H20N2O2. The van der Waals surface area contributed by atoms with Gasteiger partial charge in [-0.1, -0.05) is 12.5 Å². The van der Waals surface area contributed by atoms with Crippen LogP contribution in [0.2, 0.25) is 0 Å². The van der Waals surface area contributed by atoms with E-state index < -0.39 is 0 Å². The highest BCUT2D eigenvalue weighted by Crippen LogP contribution is 2.65. The van der Waals surface area contributed by atoms with Crippen LogP contribution in [0.5, 0.6) is 0 Å². The number of amides is 2. The third-order valence-electron chi connectivity index (χ3n) is 4.92. The first-order valence-electron chi connectivity index (χ1n) is 7.20. The van der Waals surface area contributed by atoms with E-state index >= 15 is 0 Å². The van der Waals surface area contributed by atoms with Gasteiger partial charge in [0, 0.05) is 24.2 Å². The number of carbonyl (C=O) groups is 2. The molecule has 4 heteroatoms. The third-order valence-corrected chi connectivity index (χ3v) is 4.92. The molecule has 2 fully saturated rings. The van der Waals surface area contributed by atoms with E-state index in [9.17, 15) is 9.59 Å². The Hall–Kier alpha value is -1.84. The zero-order valence-corrected chi connectivity index (χ0v) is 12.0. The number of nitrogens with one attached hydrogen (secondary N) is 2. The molecule has 2 aliphatic rings. The van der Waals surface area contributed by atoms with Crippen LogP contribution in [0.3, 0.4) is 0 Å². The Balaban J connectivity index is 1.74. The molecule has 0 saturated heterocycles. The Morgan fingerprint density at radius 2 is 2.05 bits per heavy atom. The van der Waals surface area contributed by atoms with E-state index in [4.69, 9.17) is 0 Å². The molecule has 0 heterocycles. The van der Waals surface area contributed by atoms with E-state index in [1.165, 1.54) is 19.3 Å². The summed E-state index contributed by atoms with van der Waals surface area (Å²) in [6.07, 6.45) is 4.69. The van der Waals surface area contributed by atoms with Crippen LogP contribution in [0.25, 0.3) is 0 Å². The lowest BCUT2D eigenvalue weighted by molar-refractivity contribution is -0.118. The first-order chi connectivity index (χ1) is 9.57. The normalized spacial score (nSPS) is 22.0. The van der Waals surface area contributed by atoms with Gasteiger partial charge < -0.3 is 10.6 Å². The van der Waals surface area contributed by atoms with Crippen molar-refractivity contribution in [1.82, 2.24) is 5.32 Å². The van der Waals surface area contributed by atoms with Crippen LogP contribution in [-0.4, -0.2) is 18.9 Å². The monoisotopic (exact) mass is 272 g/mol. The molecule has 2 amide bonds. The van der Waals surface area contributed by atoms with Gasteiger partial charge in [-0.3, -0.25) is 9.59 Å². The van der Waals surface area contributed by atoms with Crippen molar-refractivity contribution in [2.45, 2.75) is 32.6 Å². The van der Waals surface area contributed by atoms with Gasteiger partial charge >= 0.3 is 0 Å². The first kappa shape index (κ1) is 13.2. The number of rotatable bonds is 3. The molecule has 1 aromatic rings. The molecule has 4 nitrogen and oxygen atoms in total. The Morgan fingerprint density at radius 3 is 2.60 bits per heavy atom. The molecule has 0 aromatic heterocycles. The fourth-order valence-corrected chi connectivity index (χ4v) is 3.27. The van der Waals surface area contributed by atoms with Crippen LogP contribution < -0.4 is 10.6 Å². The molecule has 20 heavy (non-hydrogen) atoms. The van der Waals surface area contributed by atoms with Gasteiger partial charge in [0.25, 0.3) is 5.91 Å². The predicted molar refractivity (Wildman–Crippen MR) is 77.6 cm³/mol. The van der Waals surface area contributed by atoms with Crippen LogP contribution in [0.1, 0.15) is 41.6 Å². The Kier molecular flexibility index (Phi) is 3.04. The Bertz CT molecular complexity index is 576. The summed E-state index contributed by atoms with van der Waals surface area (Å²) in [7, 11) is 1.61. The van der Waals surface area contributed by atoms with Crippen molar-refractivity contribution >= 4 is 17.5 Å². The highest BCUT2D eigenvalue weighted by Gasteiger charge is 2.60. The molecule has 3 rings (SSSR count). The van der Waals surface area contributed by atoms with Crippen molar-refractivity contribution in [3.63, 3.8) is 0 Å². The predicted octanol–water partition coefficient (Wildman–Crippen LogP) is 2.48. The quantitative estimate of drug-likeness (QED) is 0.888. The summed E-state index contributed by atoms with van der Waals surface area (Å²) >= 11 is 0. The second-order valence-corrected chi connectivity index (χ2v) is 6.02. The van der Waals surface area contributed by atoms with Crippen LogP contribution >= 0.6 is 0 Å². The first-order valence-corrected chi connectivity index (χ1v) is 7.20. The van der Waals surface area contributed by atoms with Crippen molar-refractivity contribution in [2.24, 2.45) is 11.3 Å². The lowest BCUT2D eigenvalue weighted by Crippen LogP contribution is -2.24. The minimum atomic E-state index is -0.125. The van der Waals surface area contributed by atoms with Crippen molar-refractivity contribution in [3.8, 4) is 0 Å². The number of hydrogen-bond acceptors (Lipinski definition) is 2. The number of carbonyl (C=O) groups excluding carboxylic acids is 2. The van der Waals surface area contributed by atoms with Crippen LogP contribution in [0, 0.1) is 18.3 Å². The molecule has 1 atom stereocenters. The highest BCUT2D eigenvalue weighted by atomic mass is 16.2. The van der Waals surface area contributed by atoms with Crippen molar-refractivity contribution in [2.75, 3.05) is 12.4 Å². The van der Waals surface area contributed by atoms with Gasteiger partial charge in [0.2, 0.25) is 5.91 Å². The summed E-state index contributed by atoms with van der Waals surface area (Å²) in [6.45, 7) is 1.87. The van der Waals surface area contributed by atoms with Gasteiger partial charge in [-0.2, -0.15) is 0 Å². The molecule has 0 radical (unpaired) electrons. The zero-order valence-electron chi connectivity index (χ0n) is 12.0. The van der Waals surface area contributed by atoms with Gasteiger partial charge in [0.05, 0.1) is 0 Å². The average molecular weight is 272 g/mol. The molecule has 0 bridgehead atoms. The SMILES string of the molecule is CNC(=O)c1cccc(NC(=O)C2CC23CCC3)c1C. The van der Waals surface area contributed by atoms with Crippen molar-refractivity contribution in [3.05, 3.63) is 29.3 Å². The third kappa shape index (κ3) is 1.99. The van der Waals surface area contributed by atoms with E-state index in [1.807, 2.05) is 13.0 Å². The van der Waals surface area contributed by atoms with Gasteiger partial charge in [0.15, 0.2) is 0 Å². The molecule has 2 aliphatic carbocycles. The summed E-state index contributed by atoms with van der Waals surface area (Å²) in [5.41, 5.74) is 2.51. The molecular weight excluding hydrogens is 252 g/mol. The van der Waals surface area contributed by atoms with Crippen LogP contribution in [0.15, 0.2) is 18.2 Å². The standard InChI is InChI=1S/C16H20N2O2/c1-10-11(14(19)17-2)5-3-6-13(10)18-15(20)12-9-16(12)7-4-8-16/h3,5-6,12H,4,7-9H2,1-2H3,(H,17,19)(H,18,20). The van der Waals surface area contributed by atoms with Crippen molar-refractivity contribution < 1.29 is 9.59 Å². The summed E-state index contributed by atoms with van der Waals surface area (Å²) in [5, 5.41) is 5.61. The van der Waals surface area contributed by atoms with E-state index in [0.29, 0.717) is 11.0 Å². The maximum Gasteiger partial charge on any atom is 0.251 e. The molecule has 1 unspecified atom stereocenters. The Labute approximate surface area is 118 Å². The van der Waals surface area contributed by atoms with E-state index in [1.54, 1.807) is 19.2 Å². The van der Waals surface area contributed by atoms with E-state index in [0.717, 1.165) is 17.7 Å². The molecule has 0 aliphatic heterocycles. The molecule has 106 valence electrons. The molecule has 2 saturated carbocycles. The summed E-state index contributed by atoms with van der Waals surface area (Å²) in [4.78, 5) is 24.0. The van der Waals surface area contributed by atoms with Gasteiger partial charge in [-0.15, -0.1) is 0 Å². The van der Waals surface area contributed by atoms with Crippen molar-refractivity contribution in [1.29, 1.82) is 0 Å². The topological polar surface area (TPSA) is 58.2 Å². The second-order valence-electron chi connectivity index (χ2n) is 6.02. The fraction of sp³-hybridized carbons (Fsp3) is 0.500. The van der Waals surface area contributed by atoms with E-state index in [-0.39, 0.29) is 17.7 Å². The Morgan fingerprint density at radius 1 is 1.30 bits per heavy atom. The lowest BCUT2D eigenvalue weighted by atomic mass is 9.79. The largest absolute Gasteiger partial charge is 0.355 e. The smallest absolute Gasteiger partial charge is 0.251 e. The minimum absolute atomic E-state index is 0.113. The summed E-state index contributed by atoms with van der Waals surface area (Å²) in [5.74, 6) is 0.168. The van der Waals surface area contributed by atoms with Gasteiger partial charge in [-0.05, 0) is 49.3 Å². The minimum Gasteiger partial charge on any atom is -0.355 e. The number of benzene rings is 1. The number of hydrogen-bond donors (Lipinski definition) is 2. The van der Waals surface area contributed by atoms with Crippen LogP contribution in [0.4, 0.5) is 5.69 Å².